The van der Waals surface area contributed by atoms with E-state index in [1.807, 2.05) is 11.0 Å². The van der Waals surface area contributed by atoms with Crippen LogP contribution in [-0.2, 0) is 11.3 Å². The number of hydrogen-bond acceptors (Lipinski definition) is 6. The zero-order chi connectivity index (χ0) is 20.3. The van der Waals surface area contributed by atoms with E-state index in [0.29, 0.717) is 37.7 Å². The van der Waals surface area contributed by atoms with Crippen molar-refractivity contribution in [2.75, 3.05) is 53.6 Å². The van der Waals surface area contributed by atoms with E-state index in [2.05, 4.69) is 34.1 Å². The number of aromatic nitrogens is 1. The zero-order valence-corrected chi connectivity index (χ0v) is 17.0. The second-order valence-corrected chi connectivity index (χ2v) is 7.82. The number of likely N-dealkylation sites (tertiary alicyclic amines) is 1. The molecule has 0 saturated carbocycles. The molecule has 0 aliphatic carbocycles. The molecule has 0 N–H and O–H groups in total. The van der Waals surface area contributed by atoms with Crippen molar-refractivity contribution in [2.24, 2.45) is 5.41 Å². The third kappa shape index (κ3) is 4.21. The molecule has 1 aromatic heterocycles. The Balaban J connectivity index is 1.45. The molecule has 2 aromatic rings. The number of carbonyl (C=O) groups excluding carboxylic acids is 1. The van der Waals surface area contributed by atoms with E-state index in [0.717, 1.165) is 19.6 Å². The molecule has 0 bridgehead atoms. The van der Waals surface area contributed by atoms with Gasteiger partial charge in [-0.05, 0) is 11.6 Å². The van der Waals surface area contributed by atoms with Crippen molar-refractivity contribution in [1.29, 1.82) is 0 Å². The highest BCUT2D eigenvalue weighted by Crippen LogP contribution is 2.35. The number of amides is 1. The molecule has 2 fully saturated rings. The summed E-state index contributed by atoms with van der Waals surface area (Å²) < 4.78 is 16.3. The maximum absolute atomic E-state index is 13.2. The van der Waals surface area contributed by atoms with Crippen molar-refractivity contribution in [3.05, 3.63) is 53.6 Å². The van der Waals surface area contributed by atoms with Crippen molar-refractivity contribution in [3.8, 4) is 11.8 Å². The van der Waals surface area contributed by atoms with E-state index >= 15 is 0 Å². The molecule has 1 aromatic carbocycles. The summed E-state index contributed by atoms with van der Waals surface area (Å²) in [6, 6.07) is 13.9. The molecule has 7 nitrogen and oxygen atoms in total. The van der Waals surface area contributed by atoms with E-state index in [1.165, 1.54) is 19.8 Å². The summed E-state index contributed by atoms with van der Waals surface area (Å²) in [5.41, 5.74) is 1.73. The average Bonchev–Trinajstić information content (AvgIpc) is 2.96. The highest BCUT2D eigenvalue weighted by atomic mass is 16.5. The number of carbonyl (C=O) groups is 1. The molecule has 0 radical (unpaired) electrons. The number of pyridine rings is 1. The molecule has 7 heteroatoms. The van der Waals surface area contributed by atoms with Crippen LogP contribution in [0.3, 0.4) is 0 Å². The smallest absolute Gasteiger partial charge is 0.259 e. The van der Waals surface area contributed by atoms with Crippen LogP contribution in [0, 0.1) is 5.41 Å². The van der Waals surface area contributed by atoms with Gasteiger partial charge in [0.1, 0.15) is 5.56 Å². The third-order valence-corrected chi connectivity index (χ3v) is 5.56. The topological polar surface area (TPSA) is 64.1 Å². The van der Waals surface area contributed by atoms with Gasteiger partial charge in [0.2, 0.25) is 11.8 Å². The van der Waals surface area contributed by atoms with Crippen molar-refractivity contribution in [2.45, 2.75) is 6.54 Å². The molecule has 29 heavy (non-hydrogen) atoms. The maximum Gasteiger partial charge on any atom is 0.259 e. The summed E-state index contributed by atoms with van der Waals surface area (Å²) in [5.74, 6) is 0.626. The number of methoxy groups -OCH3 is 2. The molecule has 154 valence electrons. The van der Waals surface area contributed by atoms with Gasteiger partial charge in [-0.25, -0.2) is 0 Å². The van der Waals surface area contributed by atoms with E-state index in [9.17, 15) is 4.79 Å². The van der Waals surface area contributed by atoms with Crippen LogP contribution in [0.2, 0.25) is 0 Å². The van der Waals surface area contributed by atoms with Crippen molar-refractivity contribution in [3.63, 3.8) is 0 Å². The molecular formula is C22H27N3O4. The van der Waals surface area contributed by atoms with Gasteiger partial charge in [-0.2, -0.15) is 4.98 Å². The van der Waals surface area contributed by atoms with Crippen LogP contribution in [0.1, 0.15) is 15.9 Å². The van der Waals surface area contributed by atoms with Crippen molar-refractivity contribution >= 4 is 5.91 Å². The van der Waals surface area contributed by atoms with E-state index < -0.39 is 0 Å². The lowest BCUT2D eigenvalue weighted by Gasteiger charge is -2.50. The van der Waals surface area contributed by atoms with Gasteiger partial charge in [0.05, 0.1) is 27.4 Å². The van der Waals surface area contributed by atoms with Gasteiger partial charge in [-0.3, -0.25) is 9.69 Å². The summed E-state index contributed by atoms with van der Waals surface area (Å²) in [7, 11) is 3.05. The largest absolute Gasteiger partial charge is 0.481 e. The van der Waals surface area contributed by atoms with Gasteiger partial charge in [0, 0.05) is 44.2 Å². The second-order valence-electron chi connectivity index (χ2n) is 7.82. The van der Waals surface area contributed by atoms with Crippen LogP contribution in [0.5, 0.6) is 11.8 Å². The van der Waals surface area contributed by atoms with Crippen LogP contribution in [0.25, 0.3) is 0 Å². The lowest BCUT2D eigenvalue weighted by molar-refractivity contribution is -0.0605. The highest BCUT2D eigenvalue weighted by molar-refractivity contribution is 5.96. The fourth-order valence-electron chi connectivity index (χ4n) is 4.24. The lowest BCUT2D eigenvalue weighted by atomic mass is 9.79. The standard InChI is InChI=1S/C22H27N3O4/c1-27-19-9-8-18(20(23-19)28-2)21(26)25-10-11-29-16-22(15-25)13-24(14-22)12-17-6-4-3-5-7-17/h3-9H,10-16H2,1-2H3. The fraction of sp³-hybridized carbons (Fsp3) is 0.455. The first-order valence-corrected chi connectivity index (χ1v) is 9.85. The van der Waals surface area contributed by atoms with Gasteiger partial charge in [0.25, 0.3) is 5.91 Å². The summed E-state index contributed by atoms with van der Waals surface area (Å²) in [6.07, 6.45) is 0. The summed E-state index contributed by atoms with van der Waals surface area (Å²) >= 11 is 0. The summed E-state index contributed by atoms with van der Waals surface area (Å²) in [6.45, 7) is 5.22. The quantitative estimate of drug-likeness (QED) is 0.770. The molecule has 0 unspecified atom stereocenters. The van der Waals surface area contributed by atoms with Crippen LogP contribution in [0.4, 0.5) is 0 Å². The SMILES string of the molecule is COc1ccc(C(=O)N2CCOCC3(CN(Cc4ccccc4)C3)C2)c(OC)n1. The predicted octanol–water partition coefficient (Wildman–Crippen LogP) is 2.07. The van der Waals surface area contributed by atoms with E-state index in [-0.39, 0.29) is 17.2 Å². The first-order chi connectivity index (χ1) is 14.1. The Hall–Kier alpha value is -2.64. The molecule has 1 amide bonds. The van der Waals surface area contributed by atoms with Crippen molar-refractivity contribution in [1.82, 2.24) is 14.8 Å². The zero-order valence-electron chi connectivity index (χ0n) is 17.0. The predicted molar refractivity (Wildman–Crippen MR) is 108 cm³/mol. The Morgan fingerprint density at radius 1 is 1.10 bits per heavy atom. The van der Waals surface area contributed by atoms with Gasteiger partial charge >= 0.3 is 0 Å². The van der Waals surface area contributed by atoms with Crippen LogP contribution >= 0.6 is 0 Å². The van der Waals surface area contributed by atoms with Gasteiger partial charge in [-0.1, -0.05) is 30.3 Å². The Bertz CT molecular complexity index is 852. The lowest BCUT2D eigenvalue weighted by Crippen LogP contribution is -2.62. The monoisotopic (exact) mass is 397 g/mol. The molecule has 2 saturated heterocycles. The Morgan fingerprint density at radius 3 is 2.62 bits per heavy atom. The van der Waals surface area contributed by atoms with Gasteiger partial charge < -0.3 is 19.1 Å². The second kappa shape index (κ2) is 8.39. The number of benzene rings is 1. The average molecular weight is 397 g/mol. The minimum absolute atomic E-state index is 0.0198. The van der Waals surface area contributed by atoms with Crippen LogP contribution in [0.15, 0.2) is 42.5 Å². The summed E-state index contributed by atoms with van der Waals surface area (Å²) in [4.78, 5) is 21.8. The molecule has 4 rings (SSSR count). The Labute approximate surface area is 171 Å². The molecule has 3 heterocycles. The number of hydrogen-bond donors (Lipinski definition) is 0. The first-order valence-electron chi connectivity index (χ1n) is 9.85. The highest BCUT2D eigenvalue weighted by Gasteiger charge is 2.46. The van der Waals surface area contributed by atoms with Crippen LogP contribution < -0.4 is 9.47 Å². The number of nitrogens with zero attached hydrogens (tertiary/aromatic N) is 3. The van der Waals surface area contributed by atoms with E-state index in [4.69, 9.17) is 14.2 Å². The Kier molecular flexibility index (Phi) is 5.69. The van der Waals surface area contributed by atoms with Gasteiger partial charge in [-0.15, -0.1) is 0 Å². The molecular weight excluding hydrogens is 370 g/mol. The molecule has 1 spiro atoms. The fourth-order valence-corrected chi connectivity index (χ4v) is 4.24. The molecule has 0 atom stereocenters. The number of ether oxygens (including phenoxy) is 3. The normalized spacial score (nSPS) is 18.8. The molecule has 2 aliphatic heterocycles. The number of rotatable bonds is 5. The van der Waals surface area contributed by atoms with Crippen LogP contribution in [-0.4, -0.2) is 74.3 Å². The van der Waals surface area contributed by atoms with E-state index in [1.54, 1.807) is 12.1 Å². The maximum atomic E-state index is 13.2. The molecule has 2 aliphatic rings. The minimum Gasteiger partial charge on any atom is -0.481 e. The van der Waals surface area contributed by atoms with Crippen molar-refractivity contribution < 1.29 is 19.0 Å². The minimum atomic E-state index is -0.0802. The summed E-state index contributed by atoms with van der Waals surface area (Å²) in [5, 5.41) is 0. The first kappa shape index (κ1) is 19.7. The van der Waals surface area contributed by atoms with Gasteiger partial charge in [0.15, 0.2) is 0 Å². The third-order valence-electron chi connectivity index (χ3n) is 5.56. The Morgan fingerprint density at radius 2 is 1.90 bits per heavy atom.